The molecule has 136 valence electrons. The predicted molar refractivity (Wildman–Crippen MR) is 108 cm³/mol. The molecule has 1 aliphatic rings. The molecule has 4 heteroatoms. The number of hydrogen-bond acceptors (Lipinski definition) is 3. The number of carbonyl (C=O) groups excluding carboxylic acids is 2. The van der Waals surface area contributed by atoms with Gasteiger partial charge in [0, 0.05) is 24.2 Å². The summed E-state index contributed by atoms with van der Waals surface area (Å²) < 4.78 is 0. The molecule has 0 aliphatic carbocycles. The van der Waals surface area contributed by atoms with E-state index in [1.165, 1.54) is 15.7 Å². The third-order valence-electron chi connectivity index (χ3n) is 5.04. The minimum Gasteiger partial charge on any atom is -0.385 e. The summed E-state index contributed by atoms with van der Waals surface area (Å²) in [5, 5.41) is 5.96. The van der Waals surface area contributed by atoms with E-state index in [0.717, 1.165) is 31.5 Å². The first-order valence-electron chi connectivity index (χ1n) is 9.42. The van der Waals surface area contributed by atoms with Gasteiger partial charge in [0.2, 0.25) is 0 Å². The maximum absolute atomic E-state index is 12.3. The minimum absolute atomic E-state index is 0.163. The van der Waals surface area contributed by atoms with Crippen LogP contribution in [-0.2, 0) is 0 Å². The highest BCUT2D eigenvalue weighted by molar-refractivity contribution is 6.21. The van der Waals surface area contributed by atoms with Gasteiger partial charge in [0.15, 0.2) is 0 Å². The first-order chi connectivity index (χ1) is 13.3. The van der Waals surface area contributed by atoms with Crippen LogP contribution in [0.25, 0.3) is 10.8 Å². The highest BCUT2D eigenvalue weighted by Crippen LogP contribution is 2.24. The Balaban J connectivity index is 1.25. The van der Waals surface area contributed by atoms with Crippen LogP contribution in [0.15, 0.2) is 66.7 Å². The monoisotopic (exact) mass is 358 g/mol. The quantitative estimate of drug-likeness (QED) is 0.491. The number of amides is 2. The highest BCUT2D eigenvalue weighted by Gasteiger charge is 2.34. The van der Waals surface area contributed by atoms with Gasteiger partial charge in [0.25, 0.3) is 11.8 Å². The Bertz CT molecular complexity index is 956. The lowest BCUT2D eigenvalue weighted by Gasteiger charge is -2.14. The lowest BCUT2D eigenvalue weighted by molar-refractivity contribution is 0.0651. The summed E-state index contributed by atoms with van der Waals surface area (Å²) in [5.41, 5.74) is 2.20. The fourth-order valence-electron chi connectivity index (χ4n) is 3.62. The largest absolute Gasteiger partial charge is 0.385 e. The number of nitrogens with one attached hydrogen (secondary N) is 1. The first-order valence-corrected chi connectivity index (χ1v) is 9.42. The van der Waals surface area contributed by atoms with Crippen LogP contribution in [0.2, 0.25) is 0 Å². The smallest absolute Gasteiger partial charge is 0.261 e. The fourth-order valence-corrected chi connectivity index (χ4v) is 3.62. The predicted octanol–water partition coefficient (Wildman–Crippen LogP) is 4.72. The van der Waals surface area contributed by atoms with Crippen LogP contribution < -0.4 is 5.32 Å². The van der Waals surface area contributed by atoms with Gasteiger partial charge in [-0.15, -0.1) is 0 Å². The van der Waals surface area contributed by atoms with Crippen LogP contribution in [0.1, 0.15) is 40.0 Å². The molecule has 4 rings (SSSR count). The average molecular weight is 358 g/mol. The van der Waals surface area contributed by atoms with Gasteiger partial charge in [-0.25, -0.2) is 0 Å². The van der Waals surface area contributed by atoms with Crippen LogP contribution in [0, 0.1) is 0 Å². The maximum atomic E-state index is 12.3. The number of unbranched alkanes of at least 4 members (excludes halogenated alkanes) is 2. The Hall–Kier alpha value is -3.14. The number of hydrogen-bond donors (Lipinski definition) is 1. The van der Waals surface area contributed by atoms with Gasteiger partial charge in [-0.2, -0.15) is 0 Å². The number of nitrogens with zero attached hydrogens (tertiary/aromatic N) is 1. The highest BCUT2D eigenvalue weighted by atomic mass is 16.2. The molecule has 0 bridgehead atoms. The zero-order valence-electron chi connectivity index (χ0n) is 15.2. The summed E-state index contributed by atoms with van der Waals surface area (Å²) in [4.78, 5) is 26.0. The Morgan fingerprint density at radius 3 is 2.15 bits per heavy atom. The molecule has 0 unspecified atom stereocenters. The molecule has 3 aromatic carbocycles. The van der Waals surface area contributed by atoms with Crippen molar-refractivity contribution in [1.82, 2.24) is 4.90 Å². The van der Waals surface area contributed by atoms with Crippen molar-refractivity contribution in [2.45, 2.75) is 19.3 Å². The van der Waals surface area contributed by atoms with Gasteiger partial charge < -0.3 is 5.32 Å². The Kier molecular flexibility index (Phi) is 4.88. The summed E-state index contributed by atoms with van der Waals surface area (Å²) in [7, 11) is 0. The normalized spacial score (nSPS) is 13.3. The second-order valence-electron chi connectivity index (χ2n) is 6.82. The van der Waals surface area contributed by atoms with E-state index in [-0.39, 0.29) is 11.8 Å². The summed E-state index contributed by atoms with van der Waals surface area (Å²) in [6, 6.07) is 21.7. The van der Waals surface area contributed by atoms with E-state index in [1.54, 1.807) is 24.3 Å². The van der Waals surface area contributed by atoms with E-state index in [2.05, 4.69) is 41.7 Å². The zero-order valence-corrected chi connectivity index (χ0v) is 15.2. The average Bonchev–Trinajstić information content (AvgIpc) is 2.95. The molecule has 27 heavy (non-hydrogen) atoms. The minimum atomic E-state index is -0.163. The van der Waals surface area contributed by atoms with Crippen molar-refractivity contribution in [3.8, 4) is 0 Å². The van der Waals surface area contributed by atoms with Gasteiger partial charge in [-0.1, -0.05) is 48.5 Å². The van der Waals surface area contributed by atoms with Gasteiger partial charge in [0.05, 0.1) is 11.1 Å². The standard InChI is InChI=1S/C23H22N2O2/c26-22-19-12-4-5-13-20(19)23(27)25(22)16-7-1-6-15-24-21-14-8-10-17-9-2-3-11-18(17)21/h2-5,8-14,24H,1,6-7,15-16H2. The van der Waals surface area contributed by atoms with Crippen LogP contribution >= 0.6 is 0 Å². The van der Waals surface area contributed by atoms with Gasteiger partial charge in [0.1, 0.15) is 0 Å². The van der Waals surface area contributed by atoms with E-state index in [9.17, 15) is 9.59 Å². The topological polar surface area (TPSA) is 49.4 Å². The molecule has 2 amide bonds. The van der Waals surface area contributed by atoms with E-state index in [0.29, 0.717) is 17.7 Å². The molecular weight excluding hydrogens is 336 g/mol. The van der Waals surface area contributed by atoms with Crippen molar-refractivity contribution in [3.63, 3.8) is 0 Å². The zero-order chi connectivity index (χ0) is 18.6. The van der Waals surface area contributed by atoms with Gasteiger partial charge in [-0.3, -0.25) is 14.5 Å². The van der Waals surface area contributed by atoms with Gasteiger partial charge >= 0.3 is 0 Å². The molecule has 4 nitrogen and oxygen atoms in total. The molecule has 0 radical (unpaired) electrons. The second kappa shape index (κ2) is 7.62. The molecule has 3 aromatic rings. The number of benzene rings is 3. The number of rotatable bonds is 7. The van der Waals surface area contributed by atoms with Crippen LogP contribution in [0.3, 0.4) is 0 Å². The van der Waals surface area contributed by atoms with E-state index >= 15 is 0 Å². The van der Waals surface area contributed by atoms with Crippen molar-refractivity contribution in [2.75, 3.05) is 18.4 Å². The summed E-state index contributed by atoms with van der Waals surface area (Å²) in [5.74, 6) is -0.325. The van der Waals surface area contributed by atoms with Gasteiger partial charge in [-0.05, 0) is 42.8 Å². The molecule has 0 saturated heterocycles. The second-order valence-corrected chi connectivity index (χ2v) is 6.82. The van der Waals surface area contributed by atoms with Crippen LogP contribution in [-0.4, -0.2) is 29.8 Å². The Morgan fingerprint density at radius 1 is 0.704 bits per heavy atom. The summed E-state index contributed by atoms with van der Waals surface area (Å²) >= 11 is 0. The molecule has 1 aliphatic heterocycles. The van der Waals surface area contributed by atoms with Crippen LogP contribution in [0.5, 0.6) is 0 Å². The third kappa shape index (κ3) is 3.43. The molecule has 0 atom stereocenters. The van der Waals surface area contributed by atoms with Crippen molar-refractivity contribution in [3.05, 3.63) is 77.9 Å². The van der Waals surface area contributed by atoms with E-state index in [4.69, 9.17) is 0 Å². The van der Waals surface area contributed by atoms with Crippen molar-refractivity contribution >= 4 is 28.3 Å². The van der Waals surface area contributed by atoms with Crippen molar-refractivity contribution in [1.29, 1.82) is 0 Å². The fraction of sp³-hybridized carbons (Fsp3) is 0.217. The summed E-state index contributed by atoms with van der Waals surface area (Å²) in [6.07, 6.45) is 2.78. The SMILES string of the molecule is O=C1c2ccccc2C(=O)N1CCCCCNc1cccc2ccccc12. The molecule has 0 fully saturated rings. The molecule has 0 aromatic heterocycles. The summed E-state index contributed by atoms with van der Waals surface area (Å²) in [6.45, 7) is 1.36. The molecular formula is C23H22N2O2. The molecule has 0 spiro atoms. The number of anilines is 1. The number of imide groups is 1. The maximum Gasteiger partial charge on any atom is 0.261 e. The first kappa shape index (κ1) is 17.3. The van der Waals surface area contributed by atoms with Crippen LogP contribution in [0.4, 0.5) is 5.69 Å². The van der Waals surface area contributed by atoms with E-state index in [1.807, 2.05) is 6.07 Å². The lowest BCUT2D eigenvalue weighted by atomic mass is 10.1. The van der Waals surface area contributed by atoms with E-state index < -0.39 is 0 Å². The number of fused-ring (bicyclic) bond motifs is 2. The lowest BCUT2D eigenvalue weighted by Crippen LogP contribution is -2.30. The Labute approximate surface area is 158 Å². The van der Waals surface area contributed by atoms with Crippen molar-refractivity contribution in [2.24, 2.45) is 0 Å². The molecule has 1 heterocycles. The van der Waals surface area contributed by atoms with Crippen molar-refractivity contribution < 1.29 is 9.59 Å². The number of carbonyl (C=O) groups is 2. The molecule has 1 N–H and O–H groups in total. The third-order valence-corrected chi connectivity index (χ3v) is 5.04. The Morgan fingerprint density at radius 2 is 1.37 bits per heavy atom. The molecule has 0 saturated carbocycles.